The number of halogens is 1. The monoisotopic (exact) mass is 384 g/mol. The third-order valence-electron chi connectivity index (χ3n) is 4.54. The first kappa shape index (κ1) is 19.5. The van der Waals surface area contributed by atoms with Crippen LogP contribution >= 0.6 is 0 Å². The van der Waals surface area contributed by atoms with Gasteiger partial charge in [0, 0.05) is 17.8 Å². The Morgan fingerprint density at radius 1 is 1.04 bits per heavy atom. The Labute approximate surface area is 162 Å². The lowest BCUT2D eigenvalue weighted by Crippen LogP contribution is -2.27. The van der Waals surface area contributed by atoms with E-state index in [2.05, 4.69) is 10.6 Å². The van der Waals surface area contributed by atoms with Crippen LogP contribution in [0.25, 0.3) is 0 Å². The van der Waals surface area contributed by atoms with Gasteiger partial charge in [0.25, 0.3) is 0 Å². The van der Waals surface area contributed by atoms with Gasteiger partial charge in [0.15, 0.2) is 0 Å². The van der Waals surface area contributed by atoms with Gasteiger partial charge in [0.05, 0.1) is 24.0 Å². The molecule has 0 aromatic heterocycles. The maximum Gasteiger partial charge on any atom is 0.338 e. The van der Waals surface area contributed by atoms with Gasteiger partial charge in [-0.1, -0.05) is 18.2 Å². The molecular formula is C21H21FN2O4. The molecule has 7 heteroatoms. The number of amides is 2. The number of carbonyl (C=O) groups is 3. The zero-order chi connectivity index (χ0) is 20.1. The molecule has 2 N–H and O–H groups in total. The maximum atomic E-state index is 13.6. The highest BCUT2D eigenvalue weighted by molar-refractivity contribution is 5.99. The van der Waals surface area contributed by atoms with Crippen LogP contribution in [0.5, 0.6) is 0 Å². The molecule has 146 valence electrons. The van der Waals surface area contributed by atoms with Gasteiger partial charge in [-0.15, -0.1) is 0 Å². The van der Waals surface area contributed by atoms with E-state index in [0.717, 1.165) is 0 Å². The third-order valence-corrected chi connectivity index (χ3v) is 4.54. The lowest BCUT2D eigenvalue weighted by Gasteiger charge is -2.07. The Hall–Kier alpha value is -3.22. The van der Waals surface area contributed by atoms with E-state index < -0.39 is 17.8 Å². The van der Waals surface area contributed by atoms with Gasteiger partial charge >= 0.3 is 5.97 Å². The van der Waals surface area contributed by atoms with Crippen LogP contribution < -0.4 is 10.6 Å². The molecule has 28 heavy (non-hydrogen) atoms. The van der Waals surface area contributed by atoms with Gasteiger partial charge in [-0.05, 0) is 43.7 Å². The Bertz CT molecular complexity index is 882. The highest BCUT2D eigenvalue weighted by atomic mass is 19.1. The van der Waals surface area contributed by atoms with Crippen molar-refractivity contribution in [2.24, 2.45) is 11.8 Å². The normalized spacial score (nSPS) is 17.5. The summed E-state index contributed by atoms with van der Waals surface area (Å²) < 4.78 is 18.5. The minimum absolute atomic E-state index is 0.0890. The summed E-state index contributed by atoms with van der Waals surface area (Å²) in [6.07, 6.45) is 0.454. The largest absolute Gasteiger partial charge is 0.462 e. The van der Waals surface area contributed by atoms with E-state index in [1.54, 1.807) is 49.4 Å². The summed E-state index contributed by atoms with van der Waals surface area (Å²) in [4.78, 5) is 36.1. The number of rotatable bonds is 7. The number of anilines is 1. The van der Waals surface area contributed by atoms with Crippen LogP contribution in [-0.2, 0) is 20.9 Å². The standard InChI is InChI=1S/C21H21FN2O4/c1-2-28-21(27)13-7-9-15(10-8-13)24-20(26)17-11-16(17)19(25)23-12-14-5-3-4-6-18(14)22/h3-10,16-17H,2,11-12H2,1H3,(H,23,25)(H,24,26). The first-order valence-corrected chi connectivity index (χ1v) is 9.08. The lowest BCUT2D eigenvalue weighted by atomic mass is 10.2. The van der Waals surface area contributed by atoms with Crippen molar-refractivity contribution < 1.29 is 23.5 Å². The molecule has 0 bridgehead atoms. The van der Waals surface area contributed by atoms with E-state index in [4.69, 9.17) is 4.74 Å². The smallest absolute Gasteiger partial charge is 0.338 e. The Kier molecular flexibility index (Phi) is 6.03. The SMILES string of the molecule is CCOC(=O)c1ccc(NC(=O)C2CC2C(=O)NCc2ccccc2F)cc1. The molecule has 0 aliphatic heterocycles. The molecule has 2 atom stereocenters. The summed E-state index contributed by atoms with van der Waals surface area (Å²) >= 11 is 0. The average Bonchev–Trinajstić information content (AvgIpc) is 3.49. The Balaban J connectivity index is 1.48. The second kappa shape index (κ2) is 8.65. The predicted octanol–water partition coefficient (Wildman–Crippen LogP) is 2.89. The van der Waals surface area contributed by atoms with E-state index in [1.807, 2.05) is 0 Å². The number of hydrogen-bond donors (Lipinski definition) is 2. The average molecular weight is 384 g/mol. The molecule has 2 aromatic carbocycles. The van der Waals surface area contributed by atoms with Gasteiger partial charge < -0.3 is 15.4 Å². The number of nitrogens with one attached hydrogen (secondary N) is 2. The summed E-state index contributed by atoms with van der Waals surface area (Å²) in [5.41, 5.74) is 1.34. The molecule has 6 nitrogen and oxygen atoms in total. The molecular weight excluding hydrogens is 363 g/mol. The number of esters is 1. The van der Waals surface area contributed by atoms with Crippen LogP contribution in [0, 0.1) is 17.7 Å². The molecule has 0 radical (unpaired) electrons. The summed E-state index contributed by atoms with van der Waals surface area (Å²) in [6.45, 7) is 2.11. The molecule has 1 aliphatic rings. The van der Waals surface area contributed by atoms with E-state index >= 15 is 0 Å². The van der Waals surface area contributed by atoms with Gasteiger partial charge in [0.1, 0.15) is 5.82 Å². The molecule has 2 amide bonds. The topological polar surface area (TPSA) is 84.5 Å². The van der Waals surface area contributed by atoms with E-state index in [9.17, 15) is 18.8 Å². The van der Waals surface area contributed by atoms with Crippen LogP contribution in [0.4, 0.5) is 10.1 Å². The molecule has 0 saturated heterocycles. The second-order valence-electron chi connectivity index (χ2n) is 6.54. The van der Waals surface area contributed by atoms with E-state index in [-0.39, 0.29) is 24.2 Å². The van der Waals surface area contributed by atoms with Gasteiger partial charge in [-0.2, -0.15) is 0 Å². The predicted molar refractivity (Wildman–Crippen MR) is 101 cm³/mol. The number of hydrogen-bond acceptors (Lipinski definition) is 4. The summed E-state index contributed by atoms with van der Waals surface area (Å²) in [6, 6.07) is 12.6. The molecule has 0 spiro atoms. The minimum Gasteiger partial charge on any atom is -0.462 e. The van der Waals surface area contributed by atoms with Crippen molar-refractivity contribution in [1.29, 1.82) is 0 Å². The minimum atomic E-state index is -0.422. The van der Waals surface area contributed by atoms with Crippen LogP contribution in [0.15, 0.2) is 48.5 Å². The van der Waals surface area contributed by atoms with Crippen LogP contribution in [0.2, 0.25) is 0 Å². The van der Waals surface area contributed by atoms with Crippen LogP contribution in [0.3, 0.4) is 0 Å². The molecule has 1 saturated carbocycles. The van der Waals surface area contributed by atoms with Crippen molar-refractivity contribution in [2.45, 2.75) is 19.9 Å². The number of carbonyl (C=O) groups excluding carboxylic acids is 3. The lowest BCUT2D eigenvalue weighted by molar-refractivity contribution is -0.125. The summed E-state index contributed by atoms with van der Waals surface area (Å²) in [5, 5.41) is 5.41. The van der Waals surface area contributed by atoms with Crippen molar-refractivity contribution in [3.05, 3.63) is 65.5 Å². The highest BCUT2D eigenvalue weighted by Gasteiger charge is 2.47. The summed E-state index contributed by atoms with van der Waals surface area (Å²) in [5.74, 6) is -2.14. The number of benzene rings is 2. The Morgan fingerprint density at radius 3 is 2.39 bits per heavy atom. The number of ether oxygens (including phenoxy) is 1. The van der Waals surface area contributed by atoms with Crippen molar-refractivity contribution in [1.82, 2.24) is 5.32 Å². The first-order chi connectivity index (χ1) is 13.5. The zero-order valence-electron chi connectivity index (χ0n) is 15.4. The second-order valence-corrected chi connectivity index (χ2v) is 6.54. The Morgan fingerprint density at radius 2 is 1.71 bits per heavy atom. The van der Waals surface area contributed by atoms with Gasteiger partial charge in [-0.25, -0.2) is 9.18 Å². The molecule has 1 aliphatic carbocycles. The first-order valence-electron chi connectivity index (χ1n) is 9.08. The molecule has 1 fully saturated rings. The third kappa shape index (κ3) is 4.73. The van der Waals surface area contributed by atoms with Crippen LogP contribution in [0.1, 0.15) is 29.3 Å². The fourth-order valence-corrected chi connectivity index (χ4v) is 2.87. The fourth-order valence-electron chi connectivity index (χ4n) is 2.87. The molecule has 2 unspecified atom stereocenters. The van der Waals surface area contributed by atoms with Crippen molar-refractivity contribution in [3.63, 3.8) is 0 Å². The molecule has 0 heterocycles. The zero-order valence-corrected chi connectivity index (χ0v) is 15.4. The molecule has 2 aromatic rings. The van der Waals surface area contributed by atoms with Crippen molar-refractivity contribution >= 4 is 23.5 Å². The van der Waals surface area contributed by atoms with Crippen molar-refractivity contribution in [2.75, 3.05) is 11.9 Å². The van der Waals surface area contributed by atoms with Crippen molar-refractivity contribution in [3.8, 4) is 0 Å². The highest BCUT2D eigenvalue weighted by Crippen LogP contribution is 2.39. The summed E-state index contributed by atoms with van der Waals surface area (Å²) in [7, 11) is 0. The van der Waals surface area contributed by atoms with E-state index in [1.165, 1.54) is 6.07 Å². The van der Waals surface area contributed by atoms with E-state index in [0.29, 0.717) is 29.8 Å². The van der Waals surface area contributed by atoms with Gasteiger partial charge in [-0.3, -0.25) is 9.59 Å². The fraction of sp³-hybridized carbons (Fsp3) is 0.286. The maximum absolute atomic E-state index is 13.6. The van der Waals surface area contributed by atoms with Gasteiger partial charge in [0.2, 0.25) is 11.8 Å². The van der Waals surface area contributed by atoms with Crippen LogP contribution in [-0.4, -0.2) is 24.4 Å². The molecule has 3 rings (SSSR count). The quantitative estimate of drug-likeness (QED) is 0.719.